The molecule has 0 bridgehead atoms. The van der Waals surface area contributed by atoms with E-state index in [0.717, 1.165) is 36.2 Å². The third kappa shape index (κ3) is 3.13. The molecule has 1 heterocycles. The second-order valence-electron chi connectivity index (χ2n) is 3.86. The minimum atomic E-state index is 0.172. The number of anilines is 1. The molecule has 2 rings (SSSR count). The van der Waals surface area contributed by atoms with Crippen molar-refractivity contribution in [2.75, 3.05) is 15.1 Å². The van der Waals surface area contributed by atoms with E-state index in [4.69, 9.17) is 4.74 Å². The molecule has 1 aliphatic heterocycles. The second-order valence-corrected chi connectivity index (χ2v) is 5.61. The van der Waals surface area contributed by atoms with Crippen LogP contribution in [0.5, 0.6) is 5.75 Å². The van der Waals surface area contributed by atoms with Crippen LogP contribution in [0.4, 0.5) is 5.69 Å². The van der Waals surface area contributed by atoms with Crippen LogP contribution in [0.25, 0.3) is 0 Å². The fourth-order valence-corrected chi connectivity index (χ4v) is 2.70. The van der Waals surface area contributed by atoms with Crippen molar-refractivity contribution in [1.29, 1.82) is 0 Å². The Morgan fingerprint density at radius 2 is 2.24 bits per heavy atom. The predicted octanol–water partition coefficient (Wildman–Crippen LogP) is 3.48. The average molecular weight is 410 g/mol. The number of aryl methyl sites for hydroxylation is 1. The van der Waals surface area contributed by atoms with Crippen LogP contribution < -0.4 is 7.85 Å². The molecule has 5 heteroatoms. The Hall–Kier alpha value is -0.300. The Bertz CT molecular complexity index is 425. The summed E-state index contributed by atoms with van der Waals surface area (Å²) in [5.41, 5.74) is 2.19. The third-order valence-corrected chi connectivity index (χ3v) is 4.25. The molecule has 0 radical (unpaired) electrons. The zero-order valence-corrected chi connectivity index (χ0v) is 13.0. The Kier molecular flexibility index (Phi) is 4.67. The highest BCUT2D eigenvalue weighted by atomic mass is 127. The van der Waals surface area contributed by atoms with Crippen LogP contribution in [-0.2, 0) is 11.2 Å². The van der Waals surface area contributed by atoms with Gasteiger partial charge in [-0.25, -0.2) is 0 Å². The first-order valence-corrected chi connectivity index (χ1v) is 7.61. The Balaban J connectivity index is 2.12. The van der Waals surface area contributed by atoms with Crippen LogP contribution in [0.3, 0.4) is 0 Å². The molecule has 1 aromatic rings. The molecule has 0 atom stereocenters. The molecule has 0 spiro atoms. The number of alkyl halides is 1. The van der Waals surface area contributed by atoms with E-state index in [0.29, 0.717) is 6.42 Å². The van der Waals surface area contributed by atoms with Gasteiger partial charge in [-0.2, -0.15) is 0 Å². The first kappa shape index (κ1) is 13.1. The van der Waals surface area contributed by atoms with Gasteiger partial charge in [0.15, 0.2) is 0 Å². The maximum absolute atomic E-state index is 11.5. The second kappa shape index (κ2) is 6.04. The number of carbonyl (C=O) groups excluding carboxylic acids is 1. The Morgan fingerprint density at radius 1 is 1.41 bits per heavy atom. The lowest BCUT2D eigenvalue weighted by Crippen LogP contribution is -2.25. The molecule has 0 fully saturated rings. The quantitative estimate of drug-likeness (QED) is 0.330. The molecule has 0 unspecified atom stereocenters. The summed E-state index contributed by atoms with van der Waals surface area (Å²) in [5.74, 6) is 1.06. The van der Waals surface area contributed by atoms with Crippen molar-refractivity contribution in [3.05, 3.63) is 23.8 Å². The molecular formula is C12H13BrINO2. The van der Waals surface area contributed by atoms with E-state index in [1.807, 2.05) is 18.2 Å². The first-order valence-electron chi connectivity index (χ1n) is 5.53. The van der Waals surface area contributed by atoms with Crippen molar-refractivity contribution < 1.29 is 9.53 Å². The van der Waals surface area contributed by atoms with Crippen LogP contribution >= 0.6 is 38.8 Å². The summed E-state index contributed by atoms with van der Waals surface area (Å²) in [4.78, 5) is 11.5. The van der Waals surface area contributed by atoms with E-state index in [1.54, 1.807) is 3.11 Å². The number of ether oxygens (including phenoxy) is 1. The van der Waals surface area contributed by atoms with Gasteiger partial charge in [-0.15, -0.1) is 0 Å². The van der Waals surface area contributed by atoms with Gasteiger partial charge >= 0.3 is 0 Å². The van der Waals surface area contributed by atoms with Crippen LogP contribution in [0.15, 0.2) is 18.2 Å². The number of hydrogen-bond acceptors (Lipinski definition) is 2. The van der Waals surface area contributed by atoms with E-state index >= 15 is 0 Å². The number of carbonyl (C=O) groups is 1. The smallest absolute Gasteiger partial charge is 0.236 e. The molecule has 17 heavy (non-hydrogen) atoms. The van der Waals surface area contributed by atoms with Gasteiger partial charge in [0.2, 0.25) is 5.91 Å². The molecule has 3 nitrogen and oxygen atoms in total. The van der Waals surface area contributed by atoms with Crippen molar-refractivity contribution in [2.24, 2.45) is 0 Å². The normalized spacial score (nSPS) is 14.7. The lowest BCUT2D eigenvalue weighted by atomic mass is 10.0. The van der Waals surface area contributed by atoms with E-state index in [-0.39, 0.29) is 5.91 Å². The molecule has 0 saturated carbocycles. The van der Waals surface area contributed by atoms with Gasteiger partial charge in [0.25, 0.3) is 0 Å². The number of benzene rings is 1. The average Bonchev–Trinajstić information content (AvgIpc) is 2.34. The monoisotopic (exact) mass is 409 g/mol. The third-order valence-electron chi connectivity index (χ3n) is 2.64. The number of halogens is 2. The molecule has 1 aromatic carbocycles. The molecule has 1 aliphatic rings. The predicted molar refractivity (Wildman–Crippen MR) is 80.2 cm³/mol. The van der Waals surface area contributed by atoms with Crippen molar-refractivity contribution >= 4 is 50.4 Å². The fourth-order valence-electron chi connectivity index (χ4n) is 1.76. The number of rotatable bonds is 4. The van der Waals surface area contributed by atoms with Crippen molar-refractivity contribution in [1.82, 2.24) is 0 Å². The van der Waals surface area contributed by atoms with Crippen molar-refractivity contribution in [2.45, 2.75) is 19.3 Å². The molecule has 0 aliphatic carbocycles. The van der Waals surface area contributed by atoms with E-state index in [2.05, 4.69) is 38.8 Å². The summed E-state index contributed by atoms with van der Waals surface area (Å²) in [6.07, 6.45) is 2.39. The zero-order valence-electron chi connectivity index (χ0n) is 9.29. The minimum absolute atomic E-state index is 0.172. The number of hydrogen-bond donors (Lipinski definition) is 0. The summed E-state index contributed by atoms with van der Waals surface area (Å²) < 4.78 is 7.33. The van der Waals surface area contributed by atoms with Gasteiger partial charge in [0.1, 0.15) is 5.75 Å². The summed E-state index contributed by atoms with van der Waals surface area (Å²) in [7, 11) is 0. The van der Waals surface area contributed by atoms with Crippen molar-refractivity contribution in [3.63, 3.8) is 0 Å². The highest BCUT2D eigenvalue weighted by molar-refractivity contribution is 14.1. The fraction of sp³-hybridized carbons (Fsp3) is 0.417. The van der Waals surface area contributed by atoms with E-state index < -0.39 is 0 Å². The molecule has 0 aromatic heterocycles. The van der Waals surface area contributed by atoms with Crippen LogP contribution in [0.2, 0.25) is 0 Å². The lowest BCUT2D eigenvalue weighted by Gasteiger charge is -2.24. The van der Waals surface area contributed by atoms with E-state index in [9.17, 15) is 4.79 Å². The van der Waals surface area contributed by atoms with Gasteiger partial charge in [-0.1, -0.05) is 15.9 Å². The molecule has 92 valence electrons. The number of amides is 1. The maximum atomic E-state index is 11.5. The number of nitrogens with zero attached hydrogens (tertiary/aromatic N) is 1. The summed E-state index contributed by atoms with van der Waals surface area (Å²) in [6.45, 7) is 0.719. The summed E-state index contributed by atoms with van der Waals surface area (Å²) in [5, 5.41) is 0.952. The van der Waals surface area contributed by atoms with Gasteiger partial charge < -0.3 is 4.74 Å². The molecule has 0 saturated heterocycles. The largest absolute Gasteiger partial charge is 0.494 e. The minimum Gasteiger partial charge on any atom is -0.494 e. The van der Waals surface area contributed by atoms with Gasteiger partial charge in [0, 0.05) is 11.8 Å². The van der Waals surface area contributed by atoms with Crippen LogP contribution in [0.1, 0.15) is 18.4 Å². The Morgan fingerprint density at radius 3 is 3.00 bits per heavy atom. The molecule has 1 amide bonds. The van der Waals surface area contributed by atoms with Gasteiger partial charge in [-0.3, -0.25) is 7.91 Å². The highest BCUT2D eigenvalue weighted by Crippen LogP contribution is 2.33. The van der Waals surface area contributed by atoms with E-state index in [1.165, 1.54) is 5.56 Å². The summed E-state index contributed by atoms with van der Waals surface area (Å²) >= 11 is 5.43. The van der Waals surface area contributed by atoms with Crippen LogP contribution in [-0.4, -0.2) is 17.8 Å². The van der Waals surface area contributed by atoms with Crippen molar-refractivity contribution in [3.8, 4) is 5.75 Å². The zero-order chi connectivity index (χ0) is 12.3. The maximum Gasteiger partial charge on any atom is 0.236 e. The Labute approximate surface area is 123 Å². The van der Waals surface area contributed by atoms with Gasteiger partial charge in [0.05, 0.1) is 35.2 Å². The topological polar surface area (TPSA) is 29.5 Å². The highest BCUT2D eigenvalue weighted by Gasteiger charge is 2.22. The molecular weight excluding hydrogens is 397 g/mol. The molecule has 0 N–H and O–H groups in total. The lowest BCUT2D eigenvalue weighted by molar-refractivity contribution is -0.117. The SMILES string of the molecule is O=C1CCc2cc(OCCCBr)ccc2N1I. The standard InChI is InChI=1S/C12H13BrINO2/c13-6-1-7-17-10-3-4-11-9(8-10)2-5-12(16)15(11)14/h3-4,8H,1-2,5-7H2. The number of fused-ring (bicyclic) bond motifs is 1. The van der Waals surface area contributed by atoms with Gasteiger partial charge in [-0.05, 0) is 36.6 Å². The first-order chi connectivity index (χ1) is 8.22. The van der Waals surface area contributed by atoms with Crippen LogP contribution in [0, 0.1) is 0 Å². The summed E-state index contributed by atoms with van der Waals surface area (Å²) in [6, 6.07) is 5.93.